The van der Waals surface area contributed by atoms with E-state index in [4.69, 9.17) is 9.47 Å². The standard InChI is InChI=1S/C28H34N2O5/c1-5-19(3)29-25(31)17-30-20(4)27(28(33)34-6-2)24(16-26(30)32)22-12-14-23(15-13-22)35-18-21-10-8-7-9-11-21/h7-15,19,24H,5-6,16-18H2,1-4H3,(H,29,31). The normalized spacial score (nSPS) is 16.6. The Morgan fingerprint density at radius 2 is 1.77 bits per heavy atom. The van der Waals surface area contributed by atoms with Gasteiger partial charge in [-0.05, 0) is 50.5 Å². The van der Waals surface area contributed by atoms with E-state index in [2.05, 4.69) is 5.32 Å². The Labute approximate surface area is 207 Å². The van der Waals surface area contributed by atoms with Gasteiger partial charge in [0.25, 0.3) is 0 Å². The van der Waals surface area contributed by atoms with Crippen LogP contribution >= 0.6 is 0 Å². The van der Waals surface area contributed by atoms with Crippen LogP contribution in [0.2, 0.25) is 0 Å². The van der Waals surface area contributed by atoms with Crippen LogP contribution in [0.5, 0.6) is 5.75 Å². The van der Waals surface area contributed by atoms with E-state index < -0.39 is 11.9 Å². The third-order valence-corrected chi connectivity index (χ3v) is 6.17. The molecule has 2 atom stereocenters. The van der Waals surface area contributed by atoms with Crippen molar-refractivity contribution in [2.24, 2.45) is 0 Å². The predicted molar refractivity (Wildman–Crippen MR) is 134 cm³/mol. The van der Waals surface area contributed by atoms with Gasteiger partial charge in [0.2, 0.25) is 11.8 Å². The highest BCUT2D eigenvalue weighted by Crippen LogP contribution is 2.37. The Morgan fingerprint density at radius 3 is 2.40 bits per heavy atom. The summed E-state index contributed by atoms with van der Waals surface area (Å²) in [6.45, 7) is 7.86. The molecular weight excluding hydrogens is 444 g/mol. The van der Waals surface area contributed by atoms with E-state index in [0.717, 1.165) is 17.5 Å². The number of rotatable bonds is 10. The summed E-state index contributed by atoms with van der Waals surface area (Å²) in [5.41, 5.74) is 2.74. The fraction of sp³-hybridized carbons (Fsp3) is 0.393. The molecule has 2 aromatic carbocycles. The molecule has 0 spiro atoms. The summed E-state index contributed by atoms with van der Waals surface area (Å²) in [4.78, 5) is 39.9. The van der Waals surface area contributed by atoms with E-state index in [-0.39, 0.29) is 37.4 Å². The molecule has 1 N–H and O–H groups in total. The van der Waals surface area contributed by atoms with Crippen molar-refractivity contribution in [2.75, 3.05) is 13.2 Å². The summed E-state index contributed by atoms with van der Waals surface area (Å²) in [6, 6.07) is 17.3. The van der Waals surface area contributed by atoms with Gasteiger partial charge < -0.3 is 19.7 Å². The Morgan fingerprint density at radius 1 is 1.09 bits per heavy atom. The van der Waals surface area contributed by atoms with E-state index in [1.54, 1.807) is 13.8 Å². The Kier molecular flexibility index (Phi) is 9.06. The highest BCUT2D eigenvalue weighted by molar-refractivity contribution is 5.97. The number of hydrogen-bond acceptors (Lipinski definition) is 5. The first-order valence-electron chi connectivity index (χ1n) is 12.1. The van der Waals surface area contributed by atoms with Crippen molar-refractivity contribution in [3.63, 3.8) is 0 Å². The van der Waals surface area contributed by atoms with Crippen LogP contribution in [0.4, 0.5) is 0 Å². The van der Waals surface area contributed by atoms with Crippen LogP contribution in [0.25, 0.3) is 0 Å². The highest BCUT2D eigenvalue weighted by atomic mass is 16.5. The summed E-state index contributed by atoms with van der Waals surface area (Å²) >= 11 is 0. The van der Waals surface area contributed by atoms with Gasteiger partial charge in [-0.1, -0.05) is 49.4 Å². The lowest BCUT2D eigenvalue weighted by Crippen LogP contribution is -2.45. The van der Waals surface area contributed by atoms with E-state index in [1.807, 2.05) is 68.4 Å². The second kappa shape index (κ2) is 12.2. The Hall–Kier alpha value is -3.61. The minimum Gasteiger partial charge on any atom is -0.489 e. The summed E-state index contributed by atoms with van der Waals surface area (Å²) in [7, 11) is 0. The number of nitrogens with one attached hydrogen (secondary N) is 1. The van der Waals surface area contributed by atoms with Gasteiger partial charge in [0.15, 0.2) is 0 Å². The Bertz CT molecular complexity index is 1060. The van der Waals surface area contributed by atoms with E-state index in [9.17, 15) is 14.4 Å². The maximum Gasteiger partial charge on any atom is 0.336 e. The van der Waals surface area contributed by atoms with E-state index in [1.165, 1.54) is 4.90 Å². The number of hydrogen-bond donors (Lipinski definition) is 1. The first-order chi connectivity index (χ1) is 16.8. The molecule has 3 rings (SSSR count). The third-order valence-electron chi connectivity index (χ3n) is 6.17. The fourth-order valence-corrected chi connectivity index (χ4v) is 4.06. The number of amides is 2. The molecule has 1 heterocycles. The van der Waals surface area contributed by atoms with E-state index in [0.29, 0.717) is 23.6 Å². The fourth-order valence-electron chi connectivity index (χ4n) is 4.06. The smallest absolute Gasteiger partial charge is 0.336 e. The zero-order valence-corrected chi connectivity index (χ0v) is 20.9. The van der Waals surface area contributed by atoms with Crippen molar-refractivity contribution in [2.45, 2.75) is 59.1 Å². The molecule has 0 aliphatic carbocycles. The van der Waals surface area contributed by atoms with Crippen LogP contribution in [0, 0.1) is 0 Å². The summed E-state index contributed by atoms with van der Waals surface area (Å²) < 4.78 is 11.2. The highest BCUT2D eigenvalue weighted by Gasteiger charge is 2.37. The van der Waals surface area contributed by atoms with Gasteiger partial charge in [0.1, 0.15) is 18.9 Å². The maximum atomic E-state index is 13.1. The number of benzene rings is 2. The SMILES string of the molecule is CCOC(=O)C1=C(C)N(CC(=O)NC(C)CC)C(=O)CC1c1ccc(OCc2ccccc2)cc1. The molecule has 0 bridgehead atoms. The lowest BCUT2D eigenvalue weighted by Gasteiger charge is -2.34. The number of nitrogens with zero attached hydrogens (tertiary/aromatic N) is 1. The molecule has 35 heavy (non-hydrogen) atoms. The maximum absolute atomic E-state index is 13.1. The average molecular weight is 479 g/mol. The zero-order chi connectivity index (χ0) is 25.4. The monoisotopic (exact) mass is 478 g/mol. The predicted octanol–water partition coefficient (Wildman–Crippen LogP) is 4.33. The first-order valence-corrected chi connectivity index (χ1v) is 12.1. The lowest BCUT2D eigenvalue weighted by atomic mass is 9.83. The molecule has 186 valence electrons. The van der Waals surface area contributed by atoms with Crippen molar-refractivity contribution in [1.82, 2.24) is 10.2 Å². The molecule has 2 unspecified atom stereocenters. The van der Waals surface area contributed by atoms with Gasteiger partial charge >= 0.3 is 5.97 Å². The number of carbonyl (C=O) groups is 3. The topological polar surface area (TPSA) is 84.9 Å². The summed E-state index contributed by atoms with van der Waals surface area (Å²) in [6.07, 6.45) is 0.863. The molecule has 1 aliphatic heterocycles. The second-order valence-corrected chi connectivity index (χ2v) is 8.68. The van der Waals surface area contributed by atoms with Gasteiger partial charge in [-0.15, -0.1) is 0 Å². The van der Waals surface area contributed by atoms with Crippen LogP contribution in [0.1, 0.15) is 57.6 Å². The van der Waals surface area contributed by atoms with Gasteiger partial charge in [0.05, 0.1) is 12.2 Å². The Balaban J connectivity index is 1.82. The van der Waals surface area contributed by atoms with Crippen molar-refractivity contribution in [1.29, 1.82) is 0 Å². The number of ether oxygens (including phenoxy) is 2. The molecular formula is C28H34N2O5. The average Bonchev–Trinajstić information content (AvgIpc) is 2.86. The lowest BCUT2D eigenvalue weighted by molar-refractivity contribution is -0.141. The molecule has 0 radical (unpaired) electrons. The molecule has 7 nitrogen and oxygen atoms in total. The van der Waals surface area contributed by atoms with Crippen LogP contribution in [0.3, 0.4) is 0 Å². The van der Waals surface area contributed by atoms with Crippen LogP contribution in [-0.4, -0.2) is 41.9 Å². The molecule has 0 saturated heterocycles. The minimum atomic E-state index is -0.473. The minimum absolute atomic E-state index is 0.00609. The van der Waals surface area contributed by atoms with Crippen LogP contribution in [-0.2, 0) is 25.7 Å². The van der Waals surface area contributed by atoms with Crippen molar-refractivity contribution in [3.8, 4) is 5.75 Å². The first kappa shape index (κ1) is 26.0. The van der Waals surface area contributed by atoms with Gasteiger partial charge in [-0.3, -0.25) is 9.59 Å². The molecule has 0 saturated carbocycles. The van der Waals surface area contributed by atoms with Gasteiger partial charge in [-0.2, -0.15) is 0 Å². The summed E-state index contributed by atoms with van der Waals surface area (Å²) in [5, 5.41) is 2.87. The molecule has 0 aromatic heterocycles. The number of esters is 1. The number of allylic oxidation sites excluding steroid dienone is 1. The zero-order valence-electron chi connectivity index (χ0n) is 20.9. The molecule has 2 amide bonds. The molecule has 2 aromatic rings. The van der Waals surface area contributed by atoms with Crippen LogP contribution < -0.4 is 10.1 Å². The van der Waals surface area contributed by atoms with Gasteiger partial charge in [0, 0.05) is 24.1 Å². The number of carbonyl (C=O) groups excluding carboxylic acids is 3. The molecule has 0 fully saturated rings. The summed E-state index contributed by atoms with van der Waals surface area (Å²) in [5.74, 6) is -0.697. The molecule has 1 aliphatic rings. The van der Waals surface area contributed by atoms with Crippen molar-refractivity contribution >= 4 is 17.8 Å². The quantitative estimate of drug-likeness (QED) is 0.514. The third kappa shape index (κ3) is 6.72. The van der Waals surface area contributed by atoms with Crippen LogP contribution in [0.15, 0.2) is 65.9 Å². The second-order valence-electron chi connectivity index (χ2n) is 8.68. The van der Waals surface area contributed by atoms with Gasteiger partial charge in [-0.25, -0.2) is 4.79 Å². The van der Waals surface area contributed by atoms with E-state index >= 15 is 0 Å². The van der Waals surface area contributed by atoms with Crippen molar-refractivity contribution < 1.29 is 23.9 Å². The molecule has 7 heteroatoms. The largest absolute Gasteiger partial charge is 0.489 e. The van der Waals surface area contributed by atoms with Crippen molar-refractivity contribution in [3.05, 3.63) is 77.0 Å².